The highest BCUT2D eigenvalue weighted by Gasteiger charge is 2.35. The van der Waals surface area contributed by atoms with Gasteiger partial charge >= 0.3 is 0 Å². The third-order valence-corrected chi connectivity index (χ3v) is 4.44. The van der Waals surface area contributed by atoms with Crippen LogP contribution in [0.1, 0.15) is 44.2 Å². The van der Waals surface area contributed by atoms with Gasteiger partial charge < -0.3 is 9.32 Å². The quantitative estimate of drug-likeness (QED) is 0.756. The predicted octanol–water partition coefficient (Wildman–Crippen LogP) is 3.57. The van der Waals surface area contributed by atoms with Gasteiger partial charge in [0.05, 0.1) is 11.6 Å². The predicted molar refractivity (Wildman–Crippen MR) is 68.4 cm³/mol. The van der Waals surface area contributed by atoms with Crippen molar-refractivity contribution in [1.82, 2.24) is 4.98 Å². The van der Waals surface area contributed by atoms with Crippen LogP contribution in [-0.4, -0.2) is 17.6 Å². The normalized spacial score (nSPS) is 29.1. The van der Waals surface area contributed by atoms with Crippen molar-refractivity contribution in [3.05, 3.63) is 12.0 Å². The molecule has 2 atom stereocenters. The number of alkyl halides is 1. The van der Waals surface area contributed by atoms with Gasteiger partial charge in [-0.2, -0.15) is 4.98 Å². The fraction of sp³-hybridized carbons (Fsp3) is 0.769. The molecule has 1 saturated heterocycles. The van der Waals surface area contributed by atoms with Crippen LogP contribution in [0.15, 0.2) is 10.7 Å². The number of fused-ring (bicyclic) bond motifs is 1. The first-order chi connectivity index (χ1) is 8.38. The molecule has 0 spiro atoms. The molecular formula is C13H19ClN2O. The zero-order chi connectivity index (χ0) is 11.7. The first kappa shape index (κ1) is 11.4. The lowest BCUT2D eigenvalue weighted by molar-refractivity contribution is 0.235. The minimum absolute atomic E-state index is 0.436. The molecule has 1 aromatic rings. The Bertz CT molecular complexity index is 377. The Morgan fingerprint density at radius 2 is 2.12 bits per heavy atom. The van der Waals surface area contributed by atoms with Crippen molar-refractivity contribution >= 4 is 17.6 Å². The molecule has 2 heterocycles. The van der Waals surface area contributed by atoms with Crippen LogP contribution in [0.2, 0.25) is 0 Å². The summed E-state index contributed by atoms with van der Waals surface area (Å²) in [7, 11) is 0. The molecule has 0 aromatic carbocycles. The number of rotatable bonds is 2. The second-order valence-electron chi connectivity index (χ2n) is 5.20. The molecule has 3 nitrogen and oxygen atoms in total. The van der Waals surface area contributed by atoms with E-state index in [0.29, 0.717) is 11.9 Å². The van der Waals surface area contributed by atoms with E-state index < -0.39 is 0 Å². The van der Waals surface area contributed by atoms with Gasteiger partial charge in [0.1, 0.15) is 6.26 Å². The van der Waals surface area contributed by atoms with Gasteiger partial charge in [-0.25, -0.2) is 0 Å². The third-order valence-electron chi connectivity index (χ3n) is 4.17. The largest absolute Gasteiger partial charge is 0.432 e. The number of oxazole rings is 1. The molecule has 4 heteroatoms. The maximum Gasteiger partial charge on any atom is 0.297 e. The minimum atomic E-state index is 0.436. The number of halogens is 1. The Balaban J connectivity index is 1.80. The third kappa shape index (κ3) is 2.17. The van der Waals surface area contributed by atoms with E-state index in [4.69, 9.17) is 16.0 Å². The van der Waals surface area contributed by atoms with Crippen molar-refractivity contribution < 1.29 is 4.42 Å². The number of hydrogen-bond donors (Lipinski definition) is 0. The molecule has 2 unspecified atom stereocenters. The van der Waals surface area contributed by atoms with Gasteiger partial charge in [0.2, 0.25) is 0 Å². The first-order valence-electron chi connectivity index (χ1n) is 6.65. The molecule has 17 heavy (non-hydrogen) atoms. The van der Waals surface area contributed by atoms with Crippen molar-refractivity contribution in [3.63, 3.8) is 0 Å². The van der Waals surface area contributed by atoms with E-state index in [9.17, 15) is 0 Å². The maximum atomic E-state index is 5.78. The summed E-state index contributed by atoms with van der Waals surface area (Å²) in [6.45, 7) is 1.09. The highest BCUT2D eigenvalue weighted by Crippen LogP contribution is 2.37. The molecule has 1 saturated carbocycles. The van der Waals surface area contributed by atoms with E-state index >= 15 is 0 Å². The molecule has 2 aliphatic rings. The summed E-state index contributed by atoms with van der Waals surface area (Å²) in [5.41, 5.74) is 0.847. The van der Waals surface area contributed by atoms with Crippen LogP contribution in [0.25, 0.3) is 0 Å². The lowest BCUT2D eigenvalue weighted by atomic mass is 9.78. The van der Waals surface area contributed by atoms with Crippen molar-refractivity contribution in [1.29, 1.82) is 0 Å². The van der Waals surface area contributed by atoms with Crippen LogP contribution >= 0.6 is 11.6 Å². The fourth-order valence-corrected chi connectivity index (χ4v) is 3.47. The van der Waals surface area contributed by atoms with E-state index in [1.54, 1.807) is 6.26 Å². The second kappa shape index (κ2) is 4.89. The summed E-state index contributed by atoms with van der Waals surface area (Å²) in [6.07, 6.45) is 9.75. The van der Waals surface area contributed by atoms with Crippen LogP contribution in [0.5, 0.6) is 0 Å². The Labute approximate surface area is 107 Å². The number of nitrogens with zero attached hydrogens (tertiary/aromatic N) is 2. The number of hydrogen-bond acceptors (Lipinski definition) is 3. The molecule has 0 radical (unpaired) electrons. The topological polar surface area (TPSA) is 29.3 Å². The van der Waals surface area contributed by atoms with Gasteiger partial charge in [-0.15, -0.1) is 11.6 Å². The van der Waals surface area contributed by atoms with Gasteiger partial charge in [0.15, 0.2) is 0 Å². The van der Waals surface area contributed by atoms with Crippen LogP contribution < -0.4 is 4.90 Å². The van der Waals surface area contributed by atoms with Crippen LogP contribution in [0.4, 0.5) is 6.01 Å². The smallest absolute Gasteiger partial charge is 0.297 e. The standard InChI is InChI=1S/C13H19ClN2O/c14-8-11-9-17-13(15-11)16-7-3-5-10-4-1-2-6-12(10)16/h9-10,12H,1-8H2. The Morgan fingerprint density at radius 3 is 2.94 bits per heavy atom. The summed E-state index contributed by atoms with van der Waals surface area (Å²) < 4.78 is 5.57. The van der Waals surface area contributed by atoms with Gasteiger partial charge in [-0.3, -0.25) is 0 Å². The highest BCUT2D eigenvalue weighted by atomic mass is 35.5. The summed E-state index contributed by atoms with van der Waals surface area (Å²) in [6, 6.07) is 1.44. The lowest BCUT2D eigenvalue weighted by Gasteiger charge is -2.43. The van der Waals surface area contributed by atoms with E-state index in [1.165, 1.54) is 38.5 Å². The second-order valence-corrected chi connectivity index (χ2v) is 5.47. The first-order valence-corrected chi connectivity index (χ1v) is 7.19. The van der Waals surface area contributed by atoms with Crippen LogP contribution in [-0.2, 0) is 5.88 Å². The van der Waals surface area contributed by atoms with Crippen LogP contribution in [0.3, 0.4) is 0 Å². The van der Waals surface area contributed by atoms with Crippen LogP contribution in [0, 0.1) is 5.92 Å². The molecule has 0 N–H and O–H groups in total. The monoisotopic (exact) mass is 254 g/mol. The summed E-state index contributed by atoms with van der Waals surface area (Å²) in [5.74, 6) is 1.29. The Kier molecular flexibility index (Phi) is 3.28. The molecule has 0 amide bonds. The van der Waals surface area contributed by atoms with Crippen molar-refractivity contribution in [2.45, 2.75) is 50.4 Å². The van der Waals surface area contributed by atoms with Crippen molar-refractivity contribution in [2.24, 2.45) is 5.92 Å². The minimum Gasteiger partial charge on any atom is -0.432 e. The van der Waals surface area contributed by atoms with Crippen molar-refractivity contribution in [3.8, 4) is 0 Å². The van der Waals surface area contributed by atoms with E-state index in [1.807, 2.05) is 0 Å². The molecule has 94 valence electrons. The summed E-state index contributed by atoms with van der Waals surface area (Å²) in [5, 5.41) is 0. The highest BCUT2D eigenvalue weighted by molar-refractivity contribution is 6.16. The van der Waals surface area contributed by atoms with Gasteiger partial charge in [0.25, 0.3) is 6.01 Å². The molecule has 2 fully saturated rings. The molecule has 1 aliphatic heterocycles. The molecule has 3 rings (SSSR count). The van der Waals surface area contributed by atoms with E-state index in [0.717, 1.165) is 24.2 Å². The molecular weight excluding hydrogens is 236 g/mol. The van der Waals surface area contributed by atoms with Gasteiger partial charge in [-0.1, -0.05) is 12.8 Å². The Morgan fingerprint density at radius 1 is 1.29 bits per heavy atom. The summed E-state index contributed by atoms with van der Waals surface area (Å²) >= 11 is 5.78. The zero-order valence-electron chi connectivity index (χ0n) is 10.1. The average Bonchev–Trinajstić information content (AvgIpc) is 2.87. The van der Waals surface area contributed by atoms with Gasteiger partial charge in [-0.05, 0) is 31.6 Å². The molecule has 1 aromatic heterocycles. The van der Waals surface area contributed by atoms with Crippen molar-refractivity contribution in [2.75, 3.05) is 11.4 Å². The maximum absolute atomic E-state index is 5.78. The SMILES string of the molecule is ClCc1coc(N2CCCC3CCCCC32)n1. The Hall–Kier alpha value is -0.700. The number of piperidine rings is 1. The van der Waals surface area contributed by atoms with E-state index in [2.05, 4.69) is 9.88 Å². The molecule has 1 aliphatic carbocycles. The molecule has 0 bridgehead atoms. The fourth-order valence-electron chi connectivity index (χ4n) is 3.35. The number of aromatic nitrogens is 1. The average molecular weight is 255 g/mol. The number of anilines is 1. The summed E-state index contributed by atoms with van der Waals surface area (Å²) in [4.78, 5) is 6.85. The lowest BCUT2D eigenvalue weighted by Crippen LogP contribution is -2.47. The zero-order valence-corrected chi connectivity index (χ0v) is 10.8. The van der Waals surface area contributed by atoms with E-state index in [-0.39, 0.29) is 0 Å². The van der Waals surface area contributed by atoms with Gasteiger partial charge in [0, 0.05) is 12.6 Å².